The van der Waals surface area contributed by atoms with Crippen molar-refractivity contribution in [1.29, 1.82) is 0 Å². The maximum atomic E-state index is 12.3. The largest absolute Gasteiger partial charge is 0.480 e. The van der Waals surface area contributed by atoms with E-state index in [1.54, 1.807) is 24.5 Å². The zero-order valence-electron chi connectivity index (χ0n) is 14.1. The van der Waals surface area contributed by atoms with Gasteiger partial charge in [-0.3, -0.25) is 14.3 Å². The van der Waals surface area contributed by atoms with Crippen molar-refractivity contribution in [2.45, 2.75) is 38.3 Å². The third-order valence-corrected chi connectivity index (χ3v) is 4.13. The molecule has 2 aromatic heterocycles. The minimum absolute atomic E-state index is 0.0678. The van der Waals surface area contributed by atoms with Gasteiger partial charge in [0.1, 0.15) is 12.1 Å². The van der Waals surface area contributed by atoms with Crippen molar-refractivity contribution in [1.82, 2.24) is 20.1 Å². The molecule has 2 amide bonds. The molecule has 0 radical (unpaired) electrons. The Balaban J connectivity index is 1.57. The van der Waals surface area contributed by atoms with Crippen molar-refractivity contribution in [2.75, 3.05) is 12.4 Å². The number of methoxy groups -OCH3 is 1. The molecule has 1 fully saturated rings. The number of hydrogen-bond acceptors (Lipinski definition) is 5. The lowest BCUT2D eigenvalue weighted by Gasteiger charge is -2.11. The minimum Gasteiger partial charge on any atom is -0.480 e. The van der Waals surface area contributed by atoms with E-state index in [4.69, 9.17) is 4.74 Å². The molecular formula is C17H21N5O3. The van der Waals surface area contributed by atoms with Crippen LogP contribution in [0.4, 0.5) is 5.69 Å². The van der Waals surface area contributed by atoms with Gasteiger partial charge in [0.05, 0.1) is 19.0 Å². The van der Waals surface area contributed by atoms with E-state index in [2.05, 4.69) is 20.7 Å². The average molecular weight is 343 g/mol. The summed E-state index contributed by atoms with van der Waals surface area (Å²) in [5.74, 6) is -0.162. The molecule has 8 heteroatoms. The van der Waals surface area contributed by atoms with Crippen LogP contribution in [0.2, 0.25) is 0 Å². The number of anilines is 1. The van der Waals surface area contributed by atoms with Crippen molar-refractivity contribution >= 4 is 17.5 Å². The van der Waals surface area contributed by atoms with Crippen molar-refractivity contribution in [3.05, 3.63) is 36.3 Å². The van der Waals surface area contributed by atoms with Crippen molar-refractivity contribution in [3.63, 3.8) is 0 Å². The molecule has 0 spiro atoms. The van der Waals surface area contributed by atoms with Gasteiger partial charge < -0.3 is 15.4 Å². The van der Waals surface area contributed by atoms with Crippen LogP contribution >= 0.6 is 0 Å². The molecule has 2 N–H and O–H groups in total. The fraction of sp³-hybridized carbons (Fsp3) is 0.412. The van der Waals surface area contributed by atoms with Crippen LogP contribution in [0.5, 0.6) is 5.88 Å². The predicted molar refractivity (Wildman–Crippen MR) is 91.4 cm³/mol. The highest BCUT2D eigenvalue weighted by molar-refractivity contribution is 6.05. The summed E-state index contributed by atoms with van der Waals surface area (Å²) < 4.78 is 6.58. The van der Waals surface area contributed by atoms with Crippen LogP contribution in [-0.4, -0.2) is 39.7 Å². The Kier molecular flexibility index (Phi) is 5.27. The smallest absolute Gasteiger partial charge is 0.261 e. The summed E-state index contributed by atoms with van der Waals surface area (Å²) in [6.45, 7) is 0.128. The highest BCUT2D eigenvalue weighted by atomic mass is 16.5. The summed E-state index contributed by atoms with van der Waals surface area (Å²) in [5.41, 5.74) is 0.835. The van der Waals surface area contributed by atoms with Crippen LogP contribution in [0.1, 0.15) is 36.0 Å². The van der Waals surface area contributed by atoms with Gasteiger partial charge in [0.15, 0.2) is 0 Å². The lowest BCUT2D eigenvalue weighted by Crippen LogP contribution is -2.35. The average Bonchev–Trinajstić information content (AvgIpc) is 3.27. The molecular weight excluding hydrogens is 322 g/mol. The first-order valence-corrected chi connectivity index (χ1v) is 8.28. The first kappa shape index (κ1) is 16.9. The molecule has 25 heavy (non-hydrogen) atoms. The van der Waals surface area contributed by atoms with Gasteiger partial charge >= 0.3 is 0 Å². The standard InChI is InChI=1S/C17H21N5O3/c1-25-17-14(7-4-8-18-17)16(24)21-13-9-19-22(10-13)11-15(23)20-12-5-2-3-6-12/h4,7-10,12H,2-3,5-6,11H2,1H3,(H,20,23)(H,21,24). The SMILES string of the molecule is COc1ncccc1C(=O)Nc1cnn(CC(=O)NC2CCCC2)c1. The quantitative estimate of drug-likeness (QED) is 0.830. The number of rotatable bonds is 6. The predicted octanol–water partition coefficient (Wildman–Crippen LogP) is 1.60. The number of nitrogens with one attached hydrogen (secondary N) is 2. The zero-order chi connectivity index (χ0) is 17.6. The van der Waals surface area contributed by atoms with Crippen molar-refractivity contribution < 1.29 is 14.3 Å². The van der Waals surface area contributed by atoms with Gasteiger partial charge in [-0.25, -0.2) is 4.98 Å². The number of hydrogen-bond donors (Lipinski definition) is 2. The van der Waals surface area contributed by atoms with Gasteiger partial charge in [-0.1, -0.05) is 12.8 Å². The molecule has 3 rings (SSSR count). The molecule has 0 aromatic carbocycles. The van der Waals surface area contributed by atoms with Gasteiger partial charge in [-0.2, -0.15) is 5.10 Å². The second-order valence-corrected chi connectivity index (χ2v) is 5.99. The third kappa shape index (κ3) is 4.34. The first-order valence-electron chi connectivity index (χ1n) is 8.28. The molecule has 0 aliphatic heterocycles. The third-order valence-electron chi connectivity index (χ3n) is 4.13. The van der Waals surface area contributed by atoms with Crippen LogP contribution in [-0.2, 0) is 11.3 Å². The number of carbonyl (C=O) groups excluding carboxylic acids is 2. The van der Waals surface area contributed by atoms with E-state index in [0.29, 0.717) is 11.3 Å². The molecule has 1 saturated carbocycles. The second-order valence-electron chi connectivity index (χ2n) is 5.99. The van der Waals surface area contributed by atoms with Crippen LogP contribution in [0, 0.1) is 0 Å². The molecule has 2 aromatic rings. The molecule has 132 valence electrons. The fourth-order valence-electron chi connectivity index (χ4n) is 2.93. The normalized spacial score (nSPS) is 14.3. The number of amides is 2. The van der Waals surface area contributed by atoms with E-state index in [9.17, 15) is 9.59 Å². The molecule has 1 aliphatic rings. The van der Waals surface area contributed by atoms with Crippen molar-refractivity contribution in [2.24, 2.45) is 0 Å². The highest BCUT2D eigenvalue weighted by Crippen LogP contribution is 2.18. The summed E-state index contributed by atoms with van der Waals surface area (Å²) in [6, 6.07) is 3.56. The van der Waals surface area contributed by atoms with Crippen molar-refractivity contribution in [3.8, 4) is 5.88 Å². The van der Waals surface area contributed by atoms with E-state index < -0.39 is 0 Å². The van der Waals surface area contributed by atoms with Gasteiger partial charge in [0, 0.05) is 18.4 Å². The molecule has 0 atom stereocenters. The lowest BCUT2D eigenvalue weighted by molar-refractivity contribution is -0.122. The molecule has 0 saturated heterocycles. The summed E-state index contributed by atoms with van der Waals surface area (Å²) in [4.78, 5) is 28.3. The van der Waals surface area contributed by atoms with Gasteiger partial charge in [0.25, 0.3) is 5.91 Å². The molecule has 0 unspecified atom stereocenters. The number of pyridine rings is 1. The Morgan fingerprint density at radius 3 is 2.92 bits per heavy atom. The zero-order valence-corrected chi connectivity index (χ0v) is 14.1. The van der Waals surface area contributed by atoms with E-state index in [1.165, 1.54) is 30.8 Å². The van der Waals surface area contributed by atoms with Crippen LogP contribution in [0.25, 0.3) is 0 Å². The van der Waals surface area contributed by atoms with Gasteiger partial charge in [-0.15, -0.1) is 0 Å². The Bertz CT molecular complexity index is 752. The first-order chi connectivity index (χ1) is 12.2. The van der Waals surface area contributed by atoms with Crippen LogP contribution in [0.15, 0.2) is 30.7 Å². The molecule has 8 nitrogen and oxygen atoms in total. The number of carbonyl (C=O) groups is 2. The molecule has 1 aliphatic carbocycles. The van der Waals surface area contributed by atoms with Gasteiger partial charge in [-0.05, 0) is 25.0 Å². The number of nitrogens with zero attached hydrogens (tertiary/aromatic N) is 3. The number of ether oxygens (including phenoxy) is 1. The van der Waals surface area contributed by atoms with E-state index in [-0.39, 0.29) is 30.3 Å². The highest BCUT2D eigenvalue weighted by Gasteiger charge is 2.18. The maximum Gasteiger partial charge on any atom is 0.261 e. The van der Waals surface area contributed by atoms with E-state index >= 15 is 0 Å². The molecule has 2 heterocycles. The fourth-order valence-corrected chi connectivity index (χ4v) is 2.93. The Morgan fingerprint density at radius 2 is 2.16 bits per heavy atom. The summed E-state index contributed by atoms with van der Waals surface area (Å²) in [6.07, 6.45) is 9.09. The van der Waals surface area contributed by atoms with Gasteiger partial charge in [0.2, 0.25) is 11.8 Å². The lowest BCUT2D eigenvalue weighted by atomic mass is 10.2. The Labute approximate surface area is 145 Å². The van der Waals surface area contributed by atoms with E-state index in [0.717, 1.165) is 12.8 Å². The topological polar surface area (TPSA) is 98.1 Å². The maximum absolute atomic E-state index is 12.3. The summed E-state index contributed by atoms with van der Waals surface area (Å²) >= 11 is 0. The monoisotopic (exact) mass is 343 g/mol. The molecule has 0 bridgehead atoms. The van der Waals surface area contributed by atoms with Crippen LogP contribution < -0.4 is 15.4 Å². The summed E-state index contributed by atoms with van der Waals surface area (Å²) in [5, 5.41) is 9.85. The second kappa shape index (κ2) is 7.78. The van der Waals surface area contributed by atoms with Crippen LogP contribution in [0.3, 0.4) is 0 Å². The minimum atomic E-state index is -0.347. The van der Waals surface area contributed by atoms with E-state index in [1.807, 2.05) is 0 Å². The Hall–Kier alpha value is -2.90. The number of aromatic nitrogens is 3. The summed E-state index contributed by atoms with van der Waals surface area (Å²) in [7, 11) is 1.46. The Morgan fingerprint density at radius 1 is 1.36 bits per heavy atom.